The van der Waals surface area contributed by atoms with Gasteiger partial charge in [0.2, 0.25) is 0 Å². The number of rotatable bonds is 2. The Morgan fingerprint density at radius 1 is 0.913 bits per heavy atom. The summed E-state index contributed by atoms with van der Waals surface area (Å²) in [5.74, 6) is -0.232. The van der Waals surface area contributed by atoms with Crippen molar-refractivity contribution in [3.63, 3.8) is 0 Å². The minimum absolute atomic E-state index is 0.0676. The topological polar surface area (TPSA) is 61.4 Å². The second-order valence-electron chi connectivity index (χ2n) is 4.89. The molecule has 0 aliphatic rings. The van der Waals surface area contributed by atoms with Crippen molar-refractivity contribution in [2.45, 2.75) is 0 Å². The van der Waals surface area contributed by atoms with Gasteiger partial charge in [0.15, 0.2) is 5.75 Å². The maximum absolute atomic E-state index is 12.2. The van der Waals surface area contributed by atoms with Crippen molar-refractivity contribution in [3.8, 4) is 5.75 Å². The summed E-state index contributed by atoms with van der Waals surface area (Å²) < 4.78 is 0. The molecule has 0 fully saturated rings. The van der Waals surface area contributed by atoms with E-state index in [0.717, 1.165) is 10.8 Å². The Morgan fingerprint density at radius 3 is 2.43 bits per heavy atom. The van der Waals surface area contributed by atoms with Crippen LogP contribution >= 0.6 is 23.2 Å². The van der Waals surface area contributed by atoms with E-state index >= 15 is 0 Å². The second kappa shape index (κ2) is 6.36. The fraction of sp³-hybridized carbons (Fsp3) is 0. The van der Waals surface area contributed by atoms with Crippen LogP contribution in [-0.4, -0.2) is 11.1 Å². The highest BCUT2D eigenvalue weighted by atomic mass is 35.5. The number of carbonyl (C=O) groups excluding carboxylic acids is 1. The lowest BCUT2D eigenvalue weighted by molar-refractivity contribution is 0.262. The number of aromatic hydroxyl groups is 1. The monoisotopic (exact) mass is 346 g/mol. The molecular weight excluding hydrogens is 335 g/mol. The third-order valence-electron chi connectivity index (χ3n) is 3.31. The van der Waals surface area contributed by atoms with Gasteiger partial charge in [-0.3, -0.25) is 0 Å². The first kappa shape index (κ1) is 15.5. The molecule has 0 saturated carbocycles. The average Bonchev–Trinajstić information content (AvgIpc) is 2.52. The van der Waals surface area contributed by atoms with Gasteiger partial charge >= 0.3 is 6.03 Å². The lowest BCUT2D eigenvalue weighted by Crippen LogP contribution is -2.19. The van der Waals surface area contributed by atoms with E-state index in [-0.39, 0.29) is 16.5 Å². The van der Waals surface area contributed by atoms with E-state index in [0.29, 0.717) is 10.7 Å². The van der Waals surface area contributed by atoms with Crippen LogP contribution < -0.4 is 10.6 Å². The highest BCUT2D eigenvalue weighted by molar-refractivity contribution is 6.36. The van der Waals surface area contributed by atoms with Gasteiger partial charge in [-0.25, -0.2) is 4.79 Å². The van der Waals surface area contributed by atoms with Crippen LogP contribution in [0, 0.1) is 0 Å². The maximum Gasteiger partial charge on any atom is 0.323 e. The molecular formula is C17H12Cl2N2O2. The van der Waals surface area contributed by atoms with Gasteiger partial charge in [-0.05, 0) is 23.6 Å². The molecule has 0 aliphatic heterocycles. The number of hydrogen-bond acceptors (Lipinski definition) is 2. The number of halogens is 2. The Labute approximate surface area is 142 Å². The number of phenolic OH excluding ortho intramolecular Hbond substituents is 1. The number of carbonyl (C=O) groups is 1. The maximum atomic E-state index is 12.2. The fourth-order valence-electron chi connectivity index (χ4n) is 2.27. The zero-order valence-corrected chi connectivity index (χ0v) is 13.3. The van der Waals surface area contributed by atoms with Crippen LogP contribution in [0.2, 0.25) is 10.0 Å². The number of fused-ring (bicyclic) bond motifs is 1. The Kier molecular flexibility index (Phi) is 4.28. The van der Waals surface area contributed by atoms with Crippen LogP contribution in [0.15, 0.2) is 54.6 Å². The Balaban J connectivity index is 1.85. The predicted octanol–water partition coefficient (Wildman–Crippen LogP) is 5.50. The highest BCUT2D eigenvalue weighted by Crippen LogP contribution is 2.35. The van der Waals surface area contributed by atoms with E-state index in [1.54, 1.807) is 6.07 Å². The van der Waals surface area contributed by atoms with Gasteiger partial charge in [0.05, 0.1) is 16.4 Å². The van der Waals surface area contributed by atoms with Gasteiger partial charge in [0.1, 0.15) is 0 Å². The van der Waals surface area contributed by atoms with E-state index in [1.807, 2.05) is 36.4 Å². The summed E-state index contributed by atoms with van der Waals surface area (Å²) in [4.78, 5) is 12.2. The number of anilines is 2. The number of amides is 2. The van der Waals surface area contributed by atoms with Crippen molar-refractivity contribution in [2.24, 2.45) is 0 Å². The van der Waals surface area contributed by atoms with Crippen LogP contribution in [0.5, 0.6) is 5.75 Å². The molecule has 116 valence electrons. The quantitative estimate of drug-likeness (QED) is 0.536. The molecule has 3 aromatic rings. The Hall–Kier alpha value is -2.43. The number of nitrogens with one attached hydrogen (secondary N) is 2. The first-order valence-corrected chi connectivity index (χ1v) is 7.54. The SMILES string of the molecule is O=C(Nc1cc(Cl)cc(Cl)c1O)Nc1cccc2ccccc12. The van der Waals surface area contributed by atoms with E-state index in [9.17, 15) is 9.90 Å². The molecule has 3 N–H and O–H groups in total. The van der Waals surface area contributed by atoms with Crippen molar-refractivity contribution in [1.82, 2.24) is 0 Å². The summed E-state index contributed by atoms with van der Waals surface area (Å²) in [5, 5.41) is 17.5. The molecule has 0 unspecified atom stereocenters. The molecule has 0 aliphatic carbocycles. The summed E-state index contributed by atoms with van der Waals surface area (Å²) >= 11 is 11.7. The molecule has 3 aromatic carbocycles. The van der Waals surface area contributed by atoms with Crippen LogP contribution in [0.4, 0.5) is 16.2 Å². The van der Waals surface area contributed by atoms with E-state index in [1.165, 1.54) is 12.1 Å². The van der Waals surface area contributed by atoms with Crippen molar-refractivity contribution in [3.05, 3.63) is 64.6 Å². The molecule has 3 rings (SSSR count). The second-order valence-corrected chi connectivity index (χ2v) is 5.73. The first-order chi connectivity index (χ1) is 11.0. The number of phenols is 1. The van der Waals surface area contributed by atoms with Crippen LogP contribution in [0.3, 0.4) is 0 Å². The van der Waals surface area contributed by atoms with Crippen molar-refractivity contribution in [1.29, 1.82) is 0 Å². The molecule has 0 bridgehead atoms. The van der Waals surface area contributed by atoms with E-state index in [4.69, 9.17) is 23.2 Å². The highest BCUT2D eigenvalue weighted by Gasteiger charge is 2.12. The summed E-state index contributed by atoms with van der Waals surface area (Å²) in [7, 11) is 0. The zero-order valence-electron chi connectivity index (χ0n) is 11.8. The third kappa shape index (κ3) is 3.33. The predicted molar refractivity (Wildman–Crippen MR) is 94.7 cm³/mol. The van der Waals surface area contributed by atoms with E-state index in [2.05, 4.69) is 10.6 Å². The number of benzene rings is 3. The minimum atomic E-state index is -0.505. The van der Waals surface area contributed by atoms with E-state index < -0.39 is 6.03 Å². The lowest BCUT2D eigenvalue weighted by atomic mass is 10.1. The molecule has 0 saturated heterocycles. The largest absolute Gasteiger partial charge is 0.504 e. The van der Waals surface area contributed by atoms with Gasteiger partial charge in [-0.2, -0.15) is 0 Å². The van der Waals surface area contributed by atoms with Gasteiger partial charge in [0.25, 0.3) is 0 Å². The summed E-state index contributed by atoms with van der Waals surface area (Å²) in [6, 6.07) is 15.6. The molecule has 0 heterocycles. The Bertz CT molecular complexity index is 892. The summed E-state index contributed by atoms with van der Waals surface area (Å²) in [6.07, 6.45) is 0. The van der Waals surface area contributed by atoms with Crippen molar-refractivity contribution >= 4 is 51.4 Å². The normalized spacial score (nSPS) is 10.5. The van der Waals surface area contributed by atoms with Gasteiger partial charge < -0.3 is 15.7 Å². The summed E-state index contributed by atoms with van der Waals surface area (Å²) in [6.45, 7) is 0. The minimum Gasteiger partial charge on any atom is -0.504 e. The lowest BCUT2D eigenvalue weighted by Gasteiger charge is -2.12. The van der Waals surface area contributed by atoms with Crippen molar-refractivity contribution < 1.29 is 9.90 Å². The molecule has 2 amide bonds. The van der Waals surface area contributed by atoms with Gasteiger partial charge in [-0.15, -0.1) is 0 Å². The third-order valence-corrected chi connectivity index (χ3v) is 3.82. The smallest absolute Gasteiger partial charge is 0.323 e. The van der Waals surface area contributed by atoms with Gasteiger partial charge in [-0.1, -0.05) is 59.6 Å². The van der Waals surface area contributed by atoms with Crippen LogP contribution in [0.25, 0.3) is 10.8 Å². The zero-order chi connectivity index (χ0) is 16.4. The summed E-state index contributed by atoms with van der Waals surface area (Å²) in [5.41, 5.74) is 0.799. The Morgan fingerprint density at radius 2 is 1.61 bits per heavy atom. The molecule has 4 nitrogen and oxygen atoms in total. The van der Waals surface area contributed by atoms with Gasteiger partial charge in [0, 0.05) is 10.4 Å². The van der Waals surface area contributed by atoms with Crippen LogP contribution in [-0.2, 0) is 0 Å². The molecule has 23 heavy (non-hydrogen) atoms. The fourth-order valence-corrected chi connectivity index (χ4v) is 2.76. The number of hydrogen-bond donors (Lipinski definition) is 3. The standard InChI is InChI=1S/C17H12Cl2N2O2/c18-11-8-13(19)16(22)15(9-11)21-17(23)20-14-7-3-5-10-4-1-2-6-12(10)14/h1-9,22H,(H2,20,21,23). The van der Waals surface area contributed by atoms with Crippen molar-refractivity contribution in [2.75, 3.05) is 10.6 Å². The first-order valence-electron chi connectivity index (χ1n) is 6.78. The number of urea groups is 1. The molecule has 0 atom stereocenters. The molecule has 0 radical (unpaired) electrons. The molecule has 0 spiro atoms. The molecule has 0 aromatic heterocycles. The van der Waals surface area contributed by atoms with Crippen LogP contribution in [0.1, 0.15) is 0 Å². The average molecular weight is 347 g/mol. The molecule has 6 heteroatoms.